The Morgan fingerprint density at radius 1 is 1.42 bits per heavy atom. The molecule has 0 atom stereocenters. The molecule has 4 nitrogen and oxygen atoms in total. The second-order valence-electron chi connectivity index (χ2n) is 1.64. The molecule has 0 aliphatic carbocycles. The Labute approximate surface area is 82.4 Å². The number of hydrogen-bond donors (Lipinski definition) is 0. The van der Waals surface area contributed by atoms with Crippen LogP contribution in [0.5, 0.6) is 5.88 Å². The summed E-state index contributed by atoms with van der Waals surface area (Å²) >= 11 is 15.8. The summed E-state index contributed by atoms with van der Waals surface area (Å²) in [5, 5.41) is -0.0432. The first kappa shape index (κ1) is 9.51. The largest absolute Gasteiger partial charge is 0.410 e. The van der Waals surface area contributed by atoms with Crippen molar-refractivity contribution in [2.75, 3.05) is 0 Å². The van der Waals surface area contributed by atoms with Gasteiger partial charge in [0.1, 0.15) is 5.15 Å². The van der Waals surface area contributed by atoms with Crippen molar-refractivity contribution in [1.29, 1.82) is 0 Å². The molecular weight excluding hydrogens is 226 g/mol. The van der Waals surface area contributed by atoms with Crippen LogP contribution in [0.25, 0.3) is 0 Å². The summed E-state index contributed by atoms with van der Waals surface area (Å²) in [5.74, 6) is -0.0833. The van der Waals surface area contributed by atoms with Crippen molar-refractivity contribution in [2.45, 2.75) is 0 Å². The third-order valence-electron chi connectivity index (χ3n) is 0.829. The van der Waals surface area contributed by atoms with Gasteiger partial charge in [-0.05, 0) is 11.6 Å². The molecule has 0 aliphatic heterocycles. The molecule has 1 rings (SSSR count). The van der Waals surface area contributed by atoms with Crippen molar-refractivity contribution in [3.8, 4) is 5.88 Å². The van der Waals surface area contributed by atoms with Gasteiger partial charge in [-0.2, -0.15) is 4.98 Å². The normalized spacial score (nSPS) is 9.58. The fraction of sp³-hybridized carbons (Fsp3) is 0. The van der Waals surface area contributed by atoms with Crippen molar-refractivity contribution in [3.63, 3.8) is 0 Å². The predicted octanol–water partition coefficient (Wildman–Crippen LogP) is 2.52. The zero-order chi connectivity index (χ0) is 9.14. The van der Waals surface area contributed by atoms with E-state index in [1.54, 1.807) is 0 Å². The quantitative estimate of drug-likeness (QED) is 0.420. The van der Waals surface area contributed by atoms with Crippen molar-refractivity contribution in [1.82, 2.24) is 9.97 Å². The van der Waals surface area contributed by atoms with E-state index in [0.717, 1.165) is 0 Å². The molecule has 0 unspecified atom stereocenters. The number of nitrogens with zero attached hydrogens (tertiary/aromatic N) is 2. The minimum atomic E-state index is -1.01. The Morgan fingerprint density at radius 3 is 2.58 bits per heavy atom. The highest BCUT2D eigenvalue weighted by Gasteiger charge is 2.05. The van der Waals surface area contributed by atoms with E-state index in [9.17, 15) is 4.79 Å². The molecule has 0 saturated carbocycles. The molecule has 0 aromatic carbocycles. The summed E-state index contributed by atoms with van der Waals surface area (Å²) in [6.45, 7) is 0. The summed E-state index contributed by atoms with van der Waals surface area (Å²) in [4.78, 5) is 17.3. The predicted molar refractivity (Wildman–Crippen MR) is 43.9 cm³/mol. The molecule has 0 aliphatic rings. The van der Waals surface area contributed by atoms with Gasteiger partial charge < -0.3 is 4.74 Å². The molecule has 0 bridgehead atoms. The lowest BCUT2D eigenvalue weighted by atomic mass is 10.6. The summed E-state index contributed by atoms with van der Waals surface area (Å²) in [5.41, 5.74) is -1.01. The average molecular weight is 227 g/mol. The van der Waals surface area contributed by atoms with E-state index in [2.05, 4.69) is 14.7 Å². The Balaban J connectivity index is 2.93. The molecular formula is C5HCl3N2O2. The molecule has 0 fully saturated rings. The van der Waals surface area contributed by atoms with Crippen LogP contribution < -0.4 is 4.74 Å². The number of halogens is 3. The number of aromatic nitrogens is 2. The van der Waals surface area contributed by atoms with Crippen LogP contribution in [0.2, 0.25) is 10.4 Å². The van der Waals surface area contributed by atoms with Gasteiger partial charge in [0.05, 0.1) is 0 Å². The van der Waals surface area contributed by atoms with Crippen LogP contribution in [0.3, 0.4) is 0 Å². The lowest BCUT2D eigenvalue weighted by molar-refractivity contribution is 0.224. The van der Waals surface area contributed by atoms with Gasteiger partial charge in [-0.15, -0.1) is 0 Å². The van der Waals surface area contributed by atoms with Crippen LogP contribution in [-0.2, 0) is 0 Å². The van der Waals surface area contributed by atoms with Gasteiger partial charge in [0.2, 0.25) is 11.2 Å². The zero-order valence-electron chi connectivity index (χ0n) is 5.42. The number of carbonyl (C=O) groups is 1. The first-order valence-corrected chi connectivity index (χ1v) is 3.78. The Bertz CT molecular complexity index is 297. The molecule has 7 heteroatoms. The highest BCUT2D eigenvalue weighted by Crippen LogP contribution is 2.16. The van der Waals surface area contributed by atoms with Crippen molar-refractivity contribution in [3.05, 3.63) is 16.5 Å². The minimum absolute atomic E-state index is 0.0721. The number of rotatable bonds is 1. The van der Waals surface area contributed by atoms with Gasteiger partial charge in [-0.25, -0.2) is 9.78 Å². The maximum absolute atomic E-state index is 10.2. The number of carbonyl (C=O) groups excluding carboxylic acids is 1. The van der Waals surface area contributed by atoms with Gasteiger partial charge >= 0.3 is 5.43 Å². The first-order valence-electron chi connectivity index (χ1n) is 2.65. The monoisotopic (exact) mass is 226 g/mol. The average Bonchev–Trinajstić information content (AvgIpc) is 1.81. The fourth-order valence-electron chi connectivity index (χ4n) is 0.505. The van der Waals surface area contributed by atoms with Crippen molar-refractivity contribution < 1.29 is 9.53 Å². The molecule has 0 N–H and O–H groups in total. The van der Waals surface area contributed by atoms with Gasteiger partial charge in [-0.1, -0.05) is 11.6 Å². The van der Waals surface area contributed by atoms with Crippen LogP contribution in [0, 0.1) is 0 Å². The van der Waals surface area contributed by atoms with E-state index in [0.29, 0.717) is 0 Å². The van der Waals surface area contributed by atoms with Crippen molar-refractivity contribution >= 4 is 40.2 Å². The van der Waals surface area contributed by atoms with Gasteiger partial charge in [-0.3, -0.25) is 0 Å². The molecule has 0 saturated heterocycles. The van der Waals surface area contributed by atoms with E-state index in [1.165, 1.54) is 6.07 Å². The molecule has 1 heterocycles. The highest BCUT2D eigenvalue weighted by atomic mass is 35.5. The summed E-state index contributed by atoms with van der Waals surface area (Å²) in [6.07, 6.45) is 0. The molecule has 12 heavy (non-hydrogen) atoms. The van der Waals surface area contributed by atoms with Crippen LogP contribution in [0.15, 0.2) is 6.07 Å². The Morgan fingerprint density at radius 2 is 2.08 bits per heavy atom. The Kier molecular flexibility index (Phi) is 3.08. The number of hydrogen-bond acceptors (Lipinski definition) is 4. The summed E-state index contributed by atoms with van der Waals surface area (Å²) in [6, 6.07) is 1.22. The van der Waals surface area contributed by atoms with E-state index < -0.39 is 5.43 Å². The van der Waals surface area contributed by atoms with Crippen LogP contribution >= 0.6 is 34.8 Å². The second kappa shape index (κ2) is 3.89. The fourth-order valence-corrected chi connectivity index (χ4v) is 0.975. The lowest BCUT2D eigenvalue weighted by Gasteiger charge is -1.98. The molecule has 0 radical (unpaired) electrons. The maximum Gasteiger partial charge on any atom is 0.410 e. The summed E-state index contributed by atoms with van der Waals surface area (Å²) in [7, 11) is 0. The minimum Gasteiger partial charge on any atom is -0.395 e. The van der Waals surface area contributed by atoms with Crippen LogP contribution in [0.1, 0.15) is 0 Å². The number of ether oxygens (including phenoxy) is 1. The molecule has 1 aromatic rings. The topological polar surface area (TPSA) is 52.1 Å². The van der Waals surface area contributed by atoms with E-state index >= 15 is 0 Å². The van der Waals surface area contributed by atoms with Crippen LogP contribution in [-0.4, -0.2) is 15.4 Å². The van der Waals surface area contributed by atoms with Crippen molar-refractivity contribution in [2.24, 2.45) is 0 Å². The maximum atomic E-state index is 10.2. The second-order valence-corrected chi connectivity index (χ2v) is 2.67. The zero-order valence-corrected chi connectivity index (χ0v) is 7.69. The highest BCUT2D eigenvalue weighted by molar-refractivity contribution is 6.61. The molecule has 64 valence electrons. The lowest BCUT2D eigenvalue weighted by Crippen LogP contribution is -1.99. The third-order valence-corrected chi connectivity index (χ3v) is 1.27. The third kappa shape index (κ3) is 2.81. The standard InChI is InChI=1S/C5HCl3N2O2/c6-2-1-3(12-5(8)11)10-4(7)9-2/h1H. The summed E-state index contributed by atoms with van der Waals surface area (Å²) < 4.78 is 4.38. The van der Waals surface area contributed by atoms with Gasteiger partial charge in [0, 0.05) is 17.7 Å². The molecule has 0 spiro atoms. The Hall–Kier alpha value is -0.580. The smallest absolute Gasteiger partial charge is 0.395 e. The van der Waals surface area contributed by atoms with Crippen LogP contribution in [0.4, 0.5) is 4.79 Å². The van der Waals surface area contributed by atoms with E-state index in [1.807, 2.05) is 0 Å². The first-order chi connectivity index (χ1) is 5.58. The molecule has 1 aromatic heterocycles. The van der Waals surface area contributed by atoms with Gasteiger partial charge in [0.15, 0.2) is 0 Å². The molecule has 0 amide bonds. The SMILES string of the molecule is O=C(Cl)Oc1cc(Cl)nc(Cl)n1. The van der Waals surface area contributed by atoms with E-state index in [4.69, 9.17) is 34.8 Å². The van der Waals surface area contributed by atoms with Gasteiger partial charge in [0.25, 0.3) is 0 Å². The van der Waals surface area contributed by atoms with E-state index in [-0.39, 0.29) is 16.3 Å².